The fraction of sp³-hybridized carbons (Fsp3) is 0.789. The SMILES string of the molecule is C[C@]12CCC3=C([C@@H](O)CC4C[C@@H](O)C=C[C@]34C)[C@@H]1CC[C@@H]2N. The highest BCUT2D eigenvalue weighted by Crippen LogP contribution is 2.62. The molecule has 0 aliphatic heterocycles. The van der Waals surface area contributed by atoms with Gasteiger partial charge in [-0.05, 0) is 61.3 Å². The van der Waals surface area contributed by atoms with Gasteiger partial charge in [0.2, 0.25) is 0 Å². The number of rotatable bonds is 0. The molecule has 0 aromatic heterocycles. The van der Waals surface area contributed by atoms with Crippen LogP contribution in [0.1, 0.15) is 52.4 Å². The van der Waals surface area contributed by atoms with Crippen LogP contribution in [0.15, 0.2) is 23.3 Å². The molecule has 3 nitrogen and oxygen atoms in total. The van der Waals surface area contributed by atoms with Crippen molar-refractivity contribution in [3.63, 3.8) is 0 Å². The Kier molecular flexibility index (Phi) is 3.18. The summed E-state index contributed by atoms with van der Waals surface area (Å²) in [5, 5.41) is 20.9. The molecule has 0 amide bonds. The summed E-state index contributed by atoms with van der Waals surface area (Å²) in [6.07, 6.45) is 9.49. The first kappa shape index (κ1) is 14.9. The molecule has 0 saturated heterocycles. The van der Waals surface area contributed by atoms with E-state index in [-0.39, 0.29) is 29.1 Å². The molecule has 0 spiro atoms. The lowest BCUT2D eigenvalue weighted by Crippen LogP contribution is -2.49. The first-order chi connectivity index (χ1) is 10.4. The van der Waals surface area contributed by atoms with E-state index < -0.39 is 0 Å². The number of fused-ring (bicyclic) bond motifs is 4. The molecule has 1 unspecified atom stereocenters. The molecule has 3 heteroatoms. The highest BCUT2D eigenvalue weighted by Gasteiger charge is 2.55. The molecule has 4 N–H and O–H groups in total. The van der Waals surface area contributed by atoms with Crippen LogP contribution in [0.25, 0.3) is 0 Å². The monoisotopic (exact) mass is 303 g/mol. The first-order valence-electron chi connectivity index (χ1n) is 8.91. The summed E-state index contributed by atoms with van der Waals surface area (Å²) in [6.45, 7) is 4.65. The van der Waals surface area contributed by atoms with Gasteiger partial charge in [0.1, 0.15) is 0 Å². The van der Waals surface area contributed by atoms with Crippen molar-refractivity contribution in [2.45, 2.75) is 70.6 Å². The summed E-state index contributed by atoms with van der Waals surface area (Å²) in [7, 11) is 0. The van der Waals surface area contributed by atoms with E-state index in [1.165, 1.54) is 11.1 Å². The largest absolute Gasteiger partial charge is 0.389 e. The summed E-state index contributed by atoms with van der Waals surface area (Å²) in [6, 6.07) is 0.271. The van der Waals surface area contributed by atoms with E-state index in [4.69, 9.17) is 5.73 Å². The fourth-order valence-electron chi connectivity index (χ4n) is 6.04. The van der Waals surface area contributed by atoms with Gasteiger partial charge < -0.3 is 15.9 Å². The van der Waals surface area contributed by atoms with E-state index in [1.807, 2.05) is 6.08 Å². The van der Waals surface area contributed by atoms with E-state index in [2.05, 4.69) is 19.9 Å². The smallest absolute Gasteiger partial charge is 0.0759 e. The third kappa shape index (κ3) is 1.79. The van der Waals surface area contributed by atoms with Crippen molar-refractivity contribution in [3.05, 3.63) is 23.3 Å². The van der Waals surface area contributed by atoms with E-state index in [0.717, 1.165) is 38.5 Å². The van der Waals surface area contributed by atoms with Gasteiger partial charge in [0.25, 0.3) is 0 Å². The molecular weight excluding hydrogens is 274 g/mol. The average molecular weight is 303 g/mol. The van der Waals surface area contributed by atoms with Gasteiger partial charge in [-0.25, -0.2) is 0 Å². The Morgan fingerprint density at radius 3 is 2.73 bits per heavy atom. The summed E-state index contributed by atoms with van der Waals surface area (Å²) in [4.78, 5) is 0. The zero-order chi connectivity index (χ0) is 15.7. The van der Waals surface area contributed by atoms with Gasteiger partial charge >= 0.3 is 0 Å². The fourth-order valence-corrected chi connectivity index (χ4v) is 6.04. The number of hydrogen-bond acceptors (Lipinski definition) is 3. The first-order valence-corrected chi connectivity index (χ1v) is 8.91. The van der Waals surface area contributed by atoms with E-state index in [1.54, 1.807) is 0 Å². The lowest BCUT2D eigenvalue weighted by molar-refractivity contribution is 0.0457. The van der Waals surface area contributed by atoms with Crippen LogP contribution in [0.4, 0.5) is 0 Å². The number of hydrogen-bond donors (Lipinski definition) is 3. The van der Waals surface area contributed by atoms with Crippen molar-refractivity contribution in [1.29, 1.82) is 0 Å². The van der Waals surface area contributed by atoms with Gasteiger partial charge in [-0.1, -0.05) is 31.6 Å². The van der Waals surface area contributed by atoms with Crippen LogP contribution in [0, 0.1) is 22.7 Å². The Hall–Kier alpha value is -0.640. The van der Waals surface area contributed by atoms with Crippen LogP contribution in [0.2, 0.25) is 0 Å². The third-order valence-electron chi connectivity index (χ3n) is 7.60. The summed E-state index contributed by atoms with van der Waals surface area (Å²) >= 11 is 0. The van der Waals surface area contributed by atoms with Gasteiger partial charge in [0, 0.05) is 11.5 Å². The molecule has 4 rings (SSSR count). The standard InChI is InChI=1S/C19H29NO2/c1-18-7-5-12(21)9-11(18)10-15(22)17-13-3-4-16(20)19(13,2)8-6-14(17)18/h5,7,11-13,15-16,21-22H,3-4,6,8-10,20H2,1-2H3/t11?,12-,13-,15-,16-,18-,19-/m0/s1. The molecule has 0 bridgehead atoms. The number of allylic oxidation sites excluding steroid dienone is 2. The molecular formula is C19H29NO2. The molecule has 7 atom stereocenters. The van der Waals surface area contributed by atoms with Crippen LogP contribution in [0.5, 0.6) is 0 Å². The second-order valence-electron chi connectivity index (χ2n) is 8.57. The predicted octanol–water partition coefficient (Wildman–Crippen LogP) is 2.53. The van der Waals surface area contributed by atoms with Crippen molar-refractivity contribution in [2.75, 3.05) is 0 Å². The minimum Gasteiger partial charge on any atom is -0.389 e. The van der Waals surface area contributed by atoms with E-state index in [0.29, 0.717) is 11.8 Å². The maximum Gasteiger partial charge on any atom is 0.0759 e. The molecule has 22 heavy (non-hydrogen) atoms. The van der Waals surface area contributed by atoms with Gasteiger partial charge in [-0.2, -0.15) is 0 Å². The van der Waals surface area contributed by atoms with E-state index >= 15 is 0 Å². The maximum atomic E-state index is 10.9. The van der Waals surface area contributed by atoms with Crippen LogP contribution in [-0.4, -0.2) is 28.5 Å². The van der Waals surface area contributed by atoms with Crippen LogP contribution < -0.4 is 5.73 Å². The molecule has 0 aromatic carbocycles. The van der Waals surface area contributed by atoms with Crippen molar-refractivity contribution in [1.82, 2.24) is 0 Å². The molecule has 4 aliphatic rings. The second-order valence-corrected chi connectivity index (χ2v) is 8.57. The van der Waals surface area contributed by atoms with Crippen molar-refractivity contribution in [3.8, 4) is 0 Å². The average Bonchev–Trinajstić information content (AvgIpc) is 2.77. The minimum absolute atomic E-state index is 0.0296. The van der Waals surface area contributed by atoms with Gasteiger partial charge in [-0.3, -0.25) is 0 Å². The predicted molar refractivity (Wildman–Crippen MR) is 87.1 cm³/mol. The molecule has 0 heterocycles. The Balaban J connectivity index is 1.83. The van der Waals surface area contributed by atoms with Crippen LogP contribution in [-0.2, 0) is 0 Å². The number of aliphatic hydroxyl groups excluding tert-OH is 2. The lowest BCUT2D eigenvalue weighted by atomic mass is 9.52. The normalized spacial score (nSPS) is 54.0. The van der Waals surface area contributed by atoms with Crippen molar-refractivity contribution in [2.24, 2.45) is 28.4 Å². The molecule has 122 valence electrons. The molecule has 4 aliphatic carbocycles. The Morgan fingerprint density at radius 2 is 1.95 bits per heavy atom. The van der Waals surface area contributed by atoms with Crippen molar-refractivity contribution < 1.29 is 10.2 Å². The second kappa shape index (κ2) is 4.68. The lowest BCUT2D eigenvalue weighted by Gasteiger charge is -2.53. The highest BCUT2D eigenvalue weighted by molar-refractivity contribution is 5.40. The minimum atomic E-state index is -0.346. The van der Waals surface area contributed by atoms with Gasteiger partial charge in [-0.15, -0.1) is 0 Å². The van der Waals surface area contributed by atoms with Gasteiger partial charge in [0.05, 0.1) is 12.2 Å². The molecule has 1 saturated carbocycles. The molecule has 1 fully saturated rings. The summed E-state index contributed by atoms with van der Waals surface area (Å²) in [5.41, 5.74) is 9.41. The van der Waals surface area contributed by atoms with Gasteiger partial charge in [0.15, 0.2) is 0 Å². The maximum absolute atomic E-state index is 10.9. The Morgan fingerprint density at radius 1 is 1.18 bits per heavy atom. The van der Waals surface area contributed by atoms with Crippen molar-refractivity contribution >= 4 is 0 Å². The summed E-state index contributed by atoms with van der Waals surface area (Å²) < 4.78 is 0. The Labute approximate surface area is 133 Å². The number of nitrogens with two attached hydrogens (primary N) is 1. The zero-order valence-corrected chi connectivity index (χ0v) is 13.8. The number of aliphatic hydroxyl groups is 2. The Bertz CT molecular complexity index is 554. The quantitative estimate of drug-likeness (QED) is 0.602. The van der Waals surface area contributed by atoms with Crippen LogP contribution in [0.3, 0.4) is 0 Å². The molecule has 0 aromatic rings. The summed E-state index contributed by atoms with van der Waals surface area (Å²) in [5.74, 6) is 0.819. The molecule has 0 radical (unpaired) electrons. The zero-order valence-electron chi connectivity index (χ0n) is 13.8. The van der Waals surface area contributed by atoms with Crippen LogP contribution >= 0.6 is 0 Å². The highest BCUT2D eigenvalue weighted by atomic mass is 16.3. The third-order valence-corrected chi connectivity index (χ3v) is 7.60. The van der Waals surface area contributed by atoms with E-state index in [9.17, 15) is 10.2 Å². The topological polar surface area (TPSA) is 66.5 Å².